The zero-order chi connectivity index (χ0) is 7.40. The van der Waals surface area contributed by atoms with Crippen LogP contribution in [0.25, 0.3) is 0 Å². The molecule has 0 atom stereocenters. The van der Waals surface area contributed by atoms with Crippen molar-refractivity contribution in [1.29, 1.82) is 0 Å². The van der Waals surface area contributed by atoms with Crippen LogP contribution in [-0.2, 0) is 0 Å². The van der Waals surface area contributed by atoms with Crippen molar-refractivity contribution in [3.8, 4) is 0 Å². The second-order valence-corrected chi connectivity index (χ2v) is 1.79. The monoisotopic (exact) mass is 135 g/mol. The Hall–Kier alpha value is -1.51. The average Bonchev–Trinajstić information content (AvgIpc) is 1.88. The third-order valence-electron chi connectivity index (χ3n) is 0.995. The first-order valence-corrected chi connectivity index (χ1v) is 2.85. The molecule has 2 N–H and O–H groups in total. The molecule has 0 bridgehead atoms. The van der Waals surface area contributed by atoms with Crippen molar-refractivity contribution in [2.24, 2.45) is 5.73 Å². The fraction of sp³-hybridized carbons (Fsp3) is 0. The molecule has 0 saturated carbocycles. The highest BCUT2D eigenvalue weighted by Gasteiger charge is 1.94. The standard InChI is InChI=1S/C7H7N2O/c8-7(10)9-6-4-2-1-3-5-6/h1-5H,(H2,8,10). The summed E-state index contributed by atoms with van der Waals surface area (Å²) in [5, 5.41) is 3.50. The number of nitrogens with zero attached hydrogens (tertiary/aromatic N) is 1. The molecule has 0 aromatic heterocycles. The highest BCUT2D eigenvalue weighted by atomic mass is 16.2. The minimum atomic E-state index is -0.661. The summed E-state index contributed by atoms with van der Waals surface area (Å²) in [5.74, 6) is 0. The van der Waals surface area contributed by atoms with E-state index in [1.165, 1.54) is 0 Å². The van der Waals surface area contributed by atoms with Gasteiger partial charge in [-0.25, -0.2) is 4.79 Å². The van der Waals surface area contributed by atoms with Gasteiger partial charge in [-0.3, -0.25) is 0 Å². The molecule has 0 saturated heterocycles. The number of carbonyl (C=O) groups excluding carboxylic acids is 1. The maximum atomic E-state index is 10.2. The van der Waals surface area contributed by atoms with Crippen LogP contribution in [0.5, 0.6) is 0 Å². The molecule has 0 aliphatic carbocycles. The minimum absolute atomic E-state index is 0.593. The third kappa shape index (κ3) is 1.78. The maximum Gasteiger partial charge on any atom is 0.338 e. The molecular weight excluding hydrogens is 128 g/mol. The number of nitrogens with two attached hydrogens (primary N) is 1. The molecule has 1 radical (unpaired) electrons. The Bertz CT molecular complexity index is 220. The second kappa shape index (κ2) is 2.87. The molecule has 1 aromatic carbocycles. The van der Waals surface area contributed by atoms with Crippen LogP contribution < -0.4 is 11.1 Å². The van der Waals surface area contributed by atoms with Crippen LogP contribution in [0, 0.1) is 0 Å². The summed E-state index contributed by atoms with van der Waals surface area (Å²) in [6, 6.07) is 8.20. The van der Waals surface area contributed by atoms with Crippen LogP contribution in [0.15, 0.2) is 30.3 Å². The molecule has 10 heavy (non-hydrogen) atoms. The number of carbonyl (C=O) groups is 1. The van der Waals surface area contributed by atoms with E-state index in [4.69, 9.17) is 5.73 Å². The molecule has 0 unspecified atom stereocenters. The molecule has 3 nitrogen and oxygen atoms in total. The summed E-state index contributed by atoms with van der Waals surface area (Å²) in [6.45, 7) is 0. The quantitative estimate of drug-likeness (QED) is 0.613. The van der Waals surface area contributed by atoms with E-state index in [0.717, 1.165) is 0 Å². The van der Waals surface area contributed by atoms with Gasteiger partial charge in [0.15, 0.2) is 0 Å². The van der Waals surface area contributed by atoms with Gasteiger partial charge in [-0.1, -0.05) is 18.2 Å². The molecule has 1 aromatic rings. The second-order valence-electron chi connectivity index (χ2n) is 1.79. The zero-order valence-corrected chi connectivity index (χ0v) is 5.32. The molecular formula is C7H7N2O. The molecule has 3 heteroatoms. The highest BCUT2D eigenvalue weighted by Crippen LogP contribution is 2.03. The van der Waals surface area contributed by atoms with Crippen LogP contribution in [0.1, 0.15) is 0 Å². The van der Waals surface area contributed by atoms with Crippen LogP contribution >= 0.6 is 0 Å². The molecule has 2 amide bonds. The lowest BCUT2D eigenvalue weighted by molar-refractivity contribution is 0.252. The molecule has 0 aliphatic rings. The Morgan fingerprint density at radius 3 is 2.40 bits per heavy atom. The molecule has 0 aliphatic heterocycles. The van der Waals surface area contributed by atoms with Crippen LogP contribution in [0.2, 0.25) is 0 Å². The van der Waals surface area contributed by atoms with Gasteiger partial charge in [-0.15, -0.1) is 0 Å². The van der Waals surface area contributed by atoms with Gasteiger partial charge < -0.3 is 5.73 Å². The summed E-state index contributed by atoms with van der Waals surface area (Å²) in [4.78, 5) is 10.2. The fourth-order valence-corrected chi connectivity index (χ4v) is 0.630. The number of hydrogen-bond donors (Lipinski definition) is 1. The predicted octanol–water partition coefficient (Wildman–Crippen LogP) is 1.00. The van der Waals surface area contributed by atoms with E-state index < -0.39 is 6.03 Å². The first-order chi connectivity index (χ1) is 4.79. The fourth-order valence-electron chi connectivity index (χ4n) is 0.630. The van der Waals surface area contributed by atoms with Gasteiger partial charge >= 0.3 is 6.03 Å². The first kappa shape index (κ1) is 6.61. The summed E-state index contributed by atoms with van der Waals surface area (Å²) in [6.07, 6.45) is 0. The van der Waals surface area contributed by atoms with Gasteiger partial charge in [0.25, 0.3) is 0 Å². The average molecular weight is 135 g/mol. The summed E-state index contributed by atoms with van der Waals surface area (Å²) in [7, 11) is 0. The van der Waals surface area contributed by atoms with E-state index in [0.29, 0.717) is 5.69 Å². The molecule has 51 valence electrons. The third-order valence-corrected chi connectivity index (χ3v) is 0.995. The van der Waals surface area contributed by atoms with Gasteiger partial charge in [-0.05, 0) is 12.1 Å². The first-order valence-electron chi connectivity index (χ1n) is 2.85. The normalized spacial score (nSPS) is 8.80. The lowest BCUT2D eigenvalue weighted by atomic mass is 10.3. The SMILES string of the molecule is NC(=O)[N]c1ccccc1. The van der Waals surface area contributed by atoms with E-state index in [9.17, 15) is 4.79 Å². The summed E-state index contributed by atoms with van der Waals surface area (Å²) >= 11 is 0. The Labute approximate surface area is 58.8 Å². The van der Waals surface area contributed by atoms with E-state index in [1.807, 2.05) is 6.07 Å². The topological polar surface area (TPSA) is 57.2 Å². The molecule has 0 fully saturated rings. The number of amides is 2. The lowest BCUT2D eigenvalue weighted by Crippen LogP contribution is -2.17. The van der Waals surface area contributed by atoms with E-state index >= 15 is 0 Å². The Morgan fingerprint density at radius 1 is 1.30 bits per heavy atom. The van der Waals surface area contributed by atoms with Gasteiger partial charge in [0.1, 0.15) is 0 Å². The van der Waals surface area contributed by atoms with Crippen molar-refractivity contribution in [2.75, 3.05) is 0 Å². The van der Waals surface area contributed by atoms with E-state index in [-0.39, 0.29) is 0 Å². The molecule has 1 rings (SSSR count). The van der Waals surface area contributed by atoms with Crippen molar-refractivity contribution >= 4 is 11.7 Å². The van der Waals surface area contributed by atoms with E-state index in [1.54, 1.807) is 24.3 Å². The summed E-state index contributed by atoms with van der Waals surface area (Å²) < 4.78 is 0. The van der Waals surface area contributed by atoms with Gasteiger partial charge in [-0.2, -0.15) is 5.32 Å². The van der Waals surface area contributed by atoms with Crippen LogP contribution in [0.4, 0.5) is 10.5 Å². The number of benzene rings is 1. The number of hydrogen-bond acceptors (Lipinski definition) is 1. The highest BCUT2D eigenvalue weighted by molar-refractivity contribution is 5.76. The zero-order valence-electron chi connectivity index (χ0n) is 5.32. The molecule has 0 heterocycles. The Morgan fingerprint density at radius 2 is 1.90 bits per heavy atom. The van der Waals surface area contributed by atoms with Gasteiger partial charge in [0.05, 0.1) is 5.69 Å². The summed E-state index contributed by atoms with van der Waals surface area (Å²) in [5.41, 5.74) is 5.41. The predicted molar refractivity (Wildman–Crippen MR) is 37.8 cm³/mol. The van der Waals surface area contributed by atoms with Crippen molar-refractivity contribution in [3.63, 3.8) is 0 Å². The van der Waals surface area contributed by atoms with Crippen molar-refractivity contribution in [1.82, 2.24) is 5.32 Å². The van der Waals surface area contributed by atoms with E-state index in [2.05, 4.69) is 5.32 Å². The number of rotatable bonds is 1. The number of urea groups is 1. The lowest BCUT2D eigenvalue weighted by Gasteiger charge is -1.93. The van der Waals surface area contributed by atoms with Crippen LogP contribution in [-0.4, -0.2) is 6.03 Å². The van der Waals surface area contributed by atoms with Crippen molar-refractivity contribution < 1.29 is 4.79 Å². The Kier molecular flexibility index (Phi) is 1.89. The molecule has 0 spiro atoms. The van der Waals surface area contributed by atoms with Crippen LogP contribution in [0.3, 0.4) is 0 Å². The number of para-hydroxylation sites is 1. The van der Waals surface area contributed by atoms with Crippen molar-refractivity contribution in [3.05, 3.63) is 30.3 Å². The smallest absolute Gasteiger partial charge is 0.338 e. The Balaban J connectivity index is 2.67. The van der Waals surface area contributed by atoms with Crippen molar-refractivity contribution in [2.45, 2.75) is 0 Å². The van der Waals surface area contributed by atoms with Gasteiger partial charge in [0.2, 0.25) is 0 Å². The largest absolute Gasteiger partial charge is 0.350 e. The number of primary amides is 1. The minimum Gasteiger partial charge on any atom is -0.350 e. The maximum absolute atomic E-state index is 10.2. The van der Waals surface area contributed by atoms with Gasteiger partial charge in [0, 0.05) is 0 Å².